The summed E-state index contributed by atoms with van der Waals surface area (Å²) in [5.74, 6) is 0.264. The van der Waals surface area contributed by atoms with Crippen molar-refractivity contribution in [2.75, 3.05) is 19.6 Å². The molecule has 1 aromatic rings. The van der Waals surface area contributed by atoms with Crippen LogP contribution < -0.4 is 5.32 Å². The van der Waals surface area contributed by atoms with Crippen LogP contribution >= 0.6 is 0 Å². The van der Waals surface area contributed by atoms with Crippen LogP contribution in [0.5, 0.6) is 0 Å². The summed E-state index contributed by atoms with van der Waals surface area (Å²) in [5, 5.41) is 13.8. The lowest BCUT2D eigenvalue weighted by Crippen LogP contribution is -2.36. The van der Waals surface area contributed by atoms with Gasteiger partial charge in [0.25, 0.3) is 5.69 Å². The predicted molar refractivity (Wildman–Crippen MR) is 122 cm³/mol. The lowest BCUT2D eigenvalue weighted by atomic mass is 9.90. The van der Waals surface area contributed by atoms with Crippen LogP contribution in [0, 0.1) is 22.0 Å². The Balaban J connectivity index is 0.00000240. The van der Waals surface area contributed by atoms with E-state index in [2.05, 4.69) is 5.32 Å². The van der Waals surface area contributed by atoms with E-state index in [-0.39, 0.29) is 43.2 Å². The Labute approximate surface area is 186 Å². The van der Waals surface area contributed by atoms with Crippen molar-refractivity contribution < 1.29 is 18.1 Å². The molecule has 0 aromatic heterocycles. The average Bonchev–Trinajstić information content (AvgIpc) is 3.16. The van der Waals surface area contributed by atoms with Crippen molar-refractivity contribution in [2.24, 2.45) is 11.8 Å². The number of amides is 1. The van der Waals surface area contributed by atoms with Crippen molar-refractivity contribution in [3.8, 4) is 0 Å². The van der Waals surface area contributed by atoms with E-state index in [0.717, 1.165) is 25.7 Å². The zero-order chi connectivity index (χ0) is 20.9. The minimum absolute atomic E-state index is 0. The van der Waals surface area contributed by atoms with Gasteiger partial charge in [-0.05, 0) is 37.3 Å². The molecular weight excluding hydrogens is 418 g/mol. The number of benzene rings is 1. The van der Waals surface area contributed by atoms with Gasteiger partial charge in [-0.1, -0.05) is 47.0 Å². The molecule has 1 aliphatic heterocycles. The smallest absolute Gasteiger partial charge is 0.269 e. The number of rotatable bonds is 6. The Morgan fingerprint density at radius 3 is 2.19 bits per heavy atom. The van der Waals surface area contributed by atoms with Gasteiger partial charge in [0.1, 0.15) is 0 Å². The summed E-state index contributed by atoms with van der Waals surface area (Å²) >= 11 is 0. The third kappa shape index (κ3) is 7.00. The topological polar surface area (TPSA) is 110 Å². The molecule has 1 saturated heterocycles. The number of sulfonamides is 1. The number of carbonyl (C=O) groups is 1. The second kappa shape index (κ2) is 12.1. The number of non-ortho nitro benzene ring substituents is 1. The number of nitrogens with one attached hydrogen (secondary N) is 1. The Morgan fingerprint density at radius 2 is 1.61 bits per heavy atom. The molecule has 1 amide bonds. The molecule has 1 saturated carbocycles. The first kappa shape index (κ1) is 27.0. The normalized spacial score (nSPS) is 20.6. The Morgan fingerprint density at radius 1 is 1.03 bits per heavy atom. The minimum Gasteiger partial charge on any atom is -0.356 e. The van der Waals surface area contributed by atoms with Gasteiger partial charge in [0.05, 0.1) is 9.82 Å². The molecule has 9 heteroatoms. The highest BCUT2D eigenvalue weighted by Gasteiger charge is 2.33. The monoisotopic (exact) mass is 455 g/mol. The highest BCUT2D eigenvalue weighted by molar-refractivity contribution is 7.89. The van der Waals surface area contributed by atoms with E-state index in [9.17, 15) is 23.3 Å². The first-order chi connectivity index (χ1) is 13.9. The summed E-state index contributed by atoms with van der Waals surface area (Å²) in [5.41, 5.74) is -0.139. The van der Waals surface area contributed by atoms with Gasteiger partial charge in [-0.15, -0.1) is 0 Å². The maximum Gasteiger partial charge on any atom is 0.269 e. The molecule has 2 fully saturated rings. The van der Waals surface area contributed by atoms with Crippen molar-refractivity contribution in [1.29, 1.82) is 0 Å². The third-order valence-electron chi connectivity index (χ3n) is 5.97. The molecule has 2 aliphatic rings. The fourth-order valence-electron chi connectivity index (χ4n) is 4.18. The van der Waals surface area contributed by atoms with E-state index in [1.165, 1.54) is 47.8 Å². The second-order valence-corrected chi connectivity index (χ2v) is 9.99. The van der Waals surface area contributed by atoms with E-state index in [4.69, 9.17) is 0 Å². The maximum absolute atomic E-state index is 12.8. The highest BCUT2D eigenvalue weighted by atomic mass is 32.2. The van der Waals surface area contributed by atoms with Crippen LogP contribution in [0.3, 0.4) is 0 Å². The molecule has 1 aromatic carbocycles. The van der Waals surface area contributed by atoms with Gasteiger partial charge >= 0.3 is 0 Å². The van der Waals surface area contributed by atoms with Gasteiger partial charge in [-0.2, -0.15) is 4.31 Å². The number of hydrogen-bond acceptors (Lipinski definition) is 5. The summed E-state index contributed by atoms with van der Waals surface area (Å²) in [4.78, 5) is 22.8. The second-order valence-electron chi connectivity index (χ2n) is 8.06. The molecule has 1 aliphatic carbocycles. The van der Waals surface area contributed by atoms with Crippen LogP contribution in [0.1, 0.15) is 66.2 Å². The van der Waals surface area contributed by atoms with E-state index in [0.29, 0.717) is 26.1 Å². The third-order valence-corrected chi connectivity index (χ3v) is 7.85. The van der Waals surface area contributed by atoms with Crippen molar-refractivity contribution in [2.45, 2.75) is 71.1 Å². The summed E-state index contributed by atoms with van der Waals surface area (Å²) in [7, 11) is -3.68. The Kier molecular flexibility index (Phi) is 10.6. The van der Waals surface area contributed by atoms with Gasteiger partial charge in [0.2, 0.25) is 15.9 Å². The molecule has 1 unspecified atom stereocenters. The van der Waals surface area contributed by atoms with Crippen molar-refractivity contribution in [1.82, 2.24) is 9.62 Å². The molecule has 0 spiro atoms. The largest absolute Gasteiger partial charge is 0.356 e. The standard InChI is InChI=1S/C20H29N3O5S.2CH4/c24-20(17-6-4-2-1-3-5-7-17)21-14-16-12-13-22(15-16)29(27,28)19-10-8-18(9-11-19)23(25)26;;/h8-11,16-17H,1-7,12-15H2,(H,21,24);2*1H4. The number of hydrogen-bond donors (Lipinski definition) is 1. The van der Waals surface area contributed by atoms with E-state index < -0.39 is 14.9 Å². The van der Waals surface area contributed by atoms with E-state index in [1.807, 2.05) is 0 Å². The Bertz CT molecular complexity index is 818. The molecule has 0 radical (unpaired) electrons. The van der Waals surface area contributed by atoms with Gasteiger partial charge in [-0.25, -0.2) is 8.42 Å². The fraction of sp³-hybridized carbons (Fsp3) is 0.682. The summed E-state index contributed by atoms with van der Waals surface area (Å²) in [6, 6.07) is 4.96. The molecular formula is C22H37N3O5S. The van der Waals surface area contributed by atoms with Crippen LogP contribution in [0.15, 0.2) is 29.2 Å². The lowest BCUT2D eigenvalue weighted by Gasteiger charge is -2.20. The molecule has 176 valence electrons. The van der Waals surface area contributed by atoms with Gasteiger partial charge in [-0.3, -0.25) is 14.9 Å². The lowest BCUT2D eigenvalue weighted by molar-refractivity contribution is -0.384. The highest BCUT2D eigenvalue weighted by Crippen LogP contribution is 2.26. The van der Waals surface area contributed by atoms with Crippen molar-refractivity contribution in [3.63, 3.8) is 0 Å². The van der Waals surface area contributed by atoms with Crippen LogP contribution in [-0.2, 0) is 14.8 Å². The predicted octanol–water partition coefficient (Wildman–Crippen LogP) is 4.35. The molecule has 8 nitrogen and oxygen atoms in total. The van der Waals surface area contributed by atoms with Crippen molar-refractivity contribution >= 4 is 21.6 Å². The molecule has 31 heavy (non-hydrogen) atoms. The maximum atomic E-state index is 12.8. The summed E-state index contributed by atoms with van der Waals surface area (Å²) in [6.07, 6.45) is 8.43. The first-order valence-corrected chi connectivity index (χ1v) is 11.8. The van der Waals surface area contributed by atoms with E-state index >= 15 is 0 Å². The minimum atomic E-state index is -3.68. The van der Waals surface area contributed by atoms with Crippen molar-refractivity contribution in [3.05, 3.63) is 34.4 Å². The molecule has 1 atom stereocenters. The molecule has 0 bridgehead atoms. The van der Waals surface area contributed by atoms with Gasteiger partial charge < -0.3 is 5.32 Å². The molecule has 1 N–H and O–H groups in total. The number of nitrogens with zero attached hydrogens (tertiary/aromatic N) is 2. The van der Waals surface area contributed by atoms with Crippen LogP contribution in [0.4, 0.5) is 5.69 Å². The van der Waals surface area contributed by atoms with Gasteiger partial charge in [0.15, 0.2) is 0 Å². The summed E-state index contributed by atoms with van der Waals surface area (Å²) < 4.78 is 27.0. The zero-order valence-corrected chi connectivity index (χ0v) is 17.4. The quantitative estimate of drug-likeness (QED) is 0.506. The van der Waals surface area contributed by atoms with Crippen LogP contribution in [0.25, 0.3) is 0 Å². The SMILES string of the molecule is C.C.O=C(NCC1CCN(S(=O)(=O)c2ccc([N+](=O)[O-])cc2)C1)C1CCCCCCC1. The van der Waals surface area contributed by atoms with Crippen LogP contribution in [-0.4, -0.2) is 43.2 Å². The number of nitro groups is 1. The number of carbonyl (C=O) groups excluding carboxylic acids is 1. The van der Waals surface area contributed by atoms with Gasteiger partial charge in [0, 0.05) is 37.7 Å². The number of nitro benzene ring substituents is 1. The van der Waals surface area contributed by atoms with Crippen LogP contribution in [0.2, 0.25) is 0 Å². The molecule has 3 rings (SSSR count). The Hall–Kier alpha value is -2.00. The first-order valence-electron chi connectivity index (χ1n) is 10.4. The molecule has 1 heterocycles. The fourth-order valence-corrected chi connectivity index (χ4v) is 5.71. The summed E-state index contributed by atoms with van der Waals surface area (Å²) in [6.45, 7) is 1.23. The van der Waals surface area contributed by atoms with E-state index in [1.54, 1.807) is 0 Å². The average molecular weight is 456 g/mol. The zero-order valence-electron chi connectivity index (χ0n) is 16.6.